The lowest BCUT2D eigenvalue weighted by Gasteiger charge is -2.25. The maximum Gasteiger partial charge on any atom is 0.288 e. The molecule has 1 aromatic carbocycles. The van der Waals surface area contributed by atoms with Crippen LogP contribution >= 0.6 is 0 Å². The van der Waals surface area contributed by atoms with Crippen LogP contribution in [0.2, 0.25) is 0 Å². The Labute approximate surface area is 170 Å². The van der Waals surface area contributed by atoms with Crippen LogP contribution in [0.4, 0.5) is 5.69 Å². The largest absolute Gasteiger partial charge is 0.415 e. The second-order valence-electron chi connectivity index (χ2n) is 6.36. The van der Waals surface area contributed by atoms with Crippen molar-refractivity contribution in [3.63, 3.8) is 0 Å². The molecule has 0 aliphatic carbocycles. The minimum absolute atomic E-state index is 0.0662. The van der Waals surface area contributed by atoms with E-state index in [1.165, 1.54) is 13.0 Å². The fourth-order valence-corrected chi connectivity index (χ4v) is 3.06. The molecule has 0 atom stereocenters. The molecule has 0 N–H and O–H groups in total. The van der Waals surface area contributed by atoms with Crippen molar-refractivity contribution in [3.05, 3.63) is 58.3 Å². The molecule has 2 amide bonds. The van der Waals surface area contributed by atoms with Crippen LogP contribution in [0.3, 0.4) is 0 Å². The smallest absolute Gasteiger partial charge is 0.288 e. The average Bonchev–Trinajstić information content (AvgIpc) is 3.31. The molecule has 146 valence electrons. The Morgan fingerprint density at radius 3 is 2.47 bits per heavy atom. The van der Waals surface area contributed by atoms with E-state index in [-0.39, 0.29) is 46.5 Å². The van der Waals surface area contributed by atoms with Crippen LogP contribution < -0.4 is 0 Å². The molecule has 0 saturated carbocycles. The number of nitrogens with zero attached hydrogens (tertiary/aromatic N) is 5. The summed E-state index contributed by atoms with van der Waals surface area (Å²) in [6, 6.07) is 8.56. The molecular weight excluding hydrogens is 386 g/mol. The van der Waals surface area contributed by atoms with E-state index in [0.717, 1.165) is 4.90 Å². The second kappa shape index (κ2) is 7.15. The first kappa shape index (κ1) is 18.8. The second-order valence-corrected chi connectivity index (χ2v) is 6.36. The number of aromatic nitrogens is 2. The highest BCUT2D eigenvalue weighted by molar-refractivity contribution is 6.19. The van der Waals surface area contributed by atoms with Gasteiger partial charge in [-0.1, -0.05) is 24.3 Å². The first-order valence-corrected chi connectivity index (χ1v) is 8.91. The van der Waals surface area contributed by atoms with E-state index in [4.69, 9.17) is 15.4 Å². The van der Waals surface area contributed by atoms with Gasteiger partial charge in [0, 0.05) is 23.8 Å². The highest BCUT2D eigenvalue weighted by atomic mass is 16.4. The van der Waals surface area contributed by atoms with Crippen molar-refractivity contribution in [2.24, 2.45) is 0 Å². The van der Waals surface area contributed by atoms with Gasteiger partial charge in [-0.25, -0.2) is 4.85 Å². The summed E-state index contributed by atoms with van der Waals surface area (Å²) in [5.74, 6) is -0.790. The Balaban J connectivity index is 1.72. The molecule has 4 rings (SSSR count). The maximum atomic E-state index is 12.7. The van der Waals surface area contributed by atoms with Gasteiger partial charge < -0.3 is 8.83 Å². The molecule has 0 bridgehead atoms. The van der Waals surface area contributed by atoms with E-state index in [1.54, 1.807) is 31.2 Å². The molecule has 1 aliphatic rings. The van der Waals surface area contributed by atoms with Gasteiger partial charge in [0.1, 0.15) is 11.6 Å². The molecule has 0 saturated heterocycles. The van der Waals surface area contributed by atoms with Gasteiger partial charge in [0.15, 0.2) is 5.69 Å². The minimum atomic E-state index is -0.614. The molecule has 9 nitrogen and oxygen atoms in total. The van der Waals surface area contributed by atoms with Gasteiger partial charge in [-0.15, -0.1) is 0 Å². The van der Waals surface area contributed by atoms with Crippen LogP contribution in [-0.4, -0.2) is 33.2 Å². The fourth-order valence-electron chi connectivity index (χ4n) is 3.06. The number of carbonyl (C=O) groups excluding carboxylic acids is 2. The fraction of sp³-hybridized carbons (Fsp3) is 0.143. The van der Waals surface area contributed by atoms with E-state index in [2.05, 4.69) is 14.8 Å². The van der Waals surface area contributed by atoms with Crippen LogP contribution in [0.25, 0.3) is 33.8 Å². The Kier molecular flexibility index (Phi) is 4.49. The Morgan fingerprint density at radius 1 is 1.17 bits per heavy atom. The standard InChI is InChI=1S/C21H13N5O4/c1-4-26-20(27)14(11(2)15(10-22)21(26)28)9-16-24-18-19(29-16)25-17(30-18)12-5-7-13(23-3)8-6-12/h5-9H,4H2,1-2H3/b14-9-. The maximum absolute atomic E-state index is 12.7. The molecule has 0 unspecified atom stereocenters. The SMILES string of the molecule is [C-]#[N+]c1ccc(-c2nc3oc(/C=C4\C(=O)N(CC)C(=O)C(C#N)=C4C)nc3o2)cc1. The first-order valence-electron chi connectivity index (χ1n) is 8.91. The van der Waals surface area contributed by atoms with E-state index >= 15 is 0 Å². The summed E-state index contributed by atoms with van der Waals surface area (Å²) in [4.78, 5) is 37.7. The Hall–Kier alpha value is -4.50. The highest BCUT2D eigenvalue weighted by Gasteiger charge is 2.34. The van der Waals surface area contributed by atoms with Crippen molar-refractivity contribution >= 4 is 35.0 Å². The number of oxazole rings is 2. The third-order valence-corrected chi connectivity index (χ3v) is 4.65. The zero-order valence-corrected chi connectivity index (χ0v) is 16.0. The van der Waals surface area contributed by atoms with Gasteiger partial charge in [0.2, 0.25) is 11.8 Å². The van der Waals surface area contributed by atoms with E-state index in [9.17, 15) is 14.9 Å². The molecule has 0 spiro atoms. The molecular formula is C21H13N5O4. The van der Waals surface area contributed by atoms with Crippen molar-refractivity contribution in [1.29, 1.82) is 5.26 Å². The number of likely N-dealkylation sites (N-methyl/N-ethyl adjacent to an activating group) is 1. The lowest BCUT2D eigenvalue weighted by atomic mass is 9.95. The zero-order chi connectivity index (χ0) is 21.4. The van der Waals surface area contributed by atoms with Crippen LogP contribution in [0.15, 0.2) is 49.8 Å². The average molecular weight is 399 g/mol. The summed E-state index contributed by atoms with van der Waals surface area (Å²) in [7, 11) is 0. The van der Waals surface area contributed by atoms with Crippen molar-refractivity contribution in [2.75, 3.05) is 6.54 Å². The summed E-state index contributed by atoms with van der Waals surface area (Å²) in [6.07, 6.45) is 1.37. The number of hydrogen-bond acceptors (Lipinski definition) is 7. The normalized spacial score (nSPS) is 15.7. The Morgan fingerprint density at radius 2 is 1.87 bits per heavy atom. The zero-order valence-electron chi connectivity index (χ0n) is 16.0. The summed E-state index contributed by atoms with van der Waals surface area (Å²) in [5.41, 5.74) is 1.75. The lowest BCUT2D eigenvalue weighted by Crippen LogP contribution is -2.42. The number of nitriles is 1. The van der Waals surface area contributed by atoms with Gasteiger partial charge >= 0.3 is 0 Å². The van der Waals surface area contributed by atoms with Crippen LogP contribution in [0.5, 0.6) is 0 Å². The van der Waals surface area contributed by atoms with Gasteiger partial charge in [-0.2, -0.15) is 15.2 Å². The van der Waals surface area contributed by atoms with Crippen molar-refractivity contribution in [1.82, 2.24) is 14.9 Å². The van der Waals surface area contributed by atoms with Crippen molar-refractivity contribution < 1.29 is 18.4 Å². The van der Waals surface area contributed by atoms with E-state index in [0.29, 0.717) is 11.3 Å². The minimum Gasteiger partial charge on any atom is -0.415 e. The number of imide groups is 1. The van der Waals surface area contributed by atoms with Crippen LogP contribution in [0, 0.1) is 17.9 Å². The number of benzene rings is 1. The summed E-state index contributed by atoms with van der Waals surface area (Å²) in [5, 5.41) is 9.29. The third kappa shape index (κ3) is 2.95. The predicted molar refractivity (Wildman–Crippen MR) is 104 cm³/mol. The monoisotopic (exact) mass is 399 g/mol. The van der Waals surface area contributed by atoms with Crippen molar-refractivity contribution in [3.8, 4) is 17.5 Å². The third-order valence-electron chi connectivity index (χ3n) is 4.65. The predicted octanol–water partition coefficient (Wildman–Crippen LogP) is 3.65. The van der Waals surface area contributed by atoms with E-state index < -0.39 is 11.8 Å². The molecule has 0 radical (unpaired) electrons. The molecule has 3 heterocycles. The number of fused-ring (bicyclic) bond motifs is 1. The molecule has 3 aromatic rings. The van der Waals surface area contributed by atoms with Crippen molar-refractivity contribution in [2.45, 2.75) is 13.8 Å². The number of amides is 2. The topological polar surface area (TPSA) is 118 Å². The van der Waals surface area contributed by atoms with Gasteiger partial charge in [0.05, 0.1) is 6.57 Å². The molecule has 30 heavy (non-hydrogen) atoms. The summed E-state index contributed by atoms with van der Waals surface area (Å²) >= 11 is 0. The lowest BCUT2D eigenvalue weighted by molar-refractivity contribution is -0.140. The van der Waals surface area contributed by atoms with Gasteiger partial charge in [-0.05, 0) is 19.4 Å². The summed E-state index contributed by atoms with van der Waals surface area (Å²) < 4.78 is 11.2. The van der Waals surface area contributed by atoms with Crippen LogP contribution in [0.1, 0.15) is 19.7 Å². The first-order chi connectivity index (χ1) is 14.5. The van der Waals surface area contributed by atoms with Gasteiger partial charge in [0.25, 0.3) is 23.2 Å². The number of rotatable bonds is 3. The molecule has 9 heteroatoms. The molecule has 2 aromatic heterocycles. The molecule has 1 aliphatic heterocycles. The Bertz CT molecular complexity index is 1310. The molecule has 0 fully saturated rings. The quantitative estimate of drug-likeness (QED) is 0.375. The number of carbonyl (C=O) groups is 2. The highest BCUT2D eigenvalue weighted by Crippen LogP contribution is 2.29. The van der Waals surface area contributed by atoms with E-state index in [1.807, 2.05) is 6.07 Å². The number of hydrogen-bond donors (Lipinski definition) is 0. The summed E-state index contributed by atoms with van der Waals surface area (Å²) in [6.45, 7) is 10.3. The van der Waals surface area contributed by atoms with Crippen LogP contribution in [-0.2, 0) is 9.59 Å². The van der Waals surface area contributed by atoms with Gasteiger partial charge in [-0.3, -0.25) is 14.5 Å².